The molecule has 5 atom stereocenters. The summed E-state index contributed by atoms with van der Waals surface area (Å²) in [5.41, 5.74) is 2.39. The lowest BCUT2D eigenvalue weighted by molar-refractivity contribution is -0.147. The van der Waals surface area contributed by atoms with Gasteiger partial charge in [0.2, 0.25) is 0 Å². The highest BCUT2D eigenvalue weighted by molar-refractivity contribution is 7.13. The normalized spacial score (nSPS) is 23.2. The standard InChI is InChI=1S/C30H40O5S/c1-21(2)35-30(34)10-6-4-3-5-8-25-26(28(33)20-27(25)32)18-17-24(31)16-13-22-11-14-23(15-12-22)29-9-7-19-36-29/h3,5,7,9,11-12,14-15,17-19,21,24-28,31-33H,4,6,8,10,13,16,20H2,1-2H3/b5-3-,18-17+/t24-,25-,26-,27+,28-/m1/s1. The first-order valence-corrected chi connectivity index (χ1v) is 13.9. The van der Waals surface area contributed by atoms with Crippen LogP contribution in [0.1, 0.15) is 57.9 Å². The fourth-order valence-corrected chi connectivity index (χ4v) is 5.44. The molecule has 5 nitrogen and oxygen atoms in total. The van der Waals surface area contributed by atoms with Crippen molar-refractivity contribution in [3.63, 3.8) is 0 Å². The molecule has 0 radical (unpaired) electrons. The van der Waals surface area contributed by atoms with E-state index in [9.17, 15) is 20.1 Å². The van der Waals surface area contributed by atoms with Crippen LogP contribution in [0.15, 0.2) is 66.1 Å². The molecule has 1 aromatic heterocycles. The molecule has 3 rings (SSSR count). The molecule has 1 saturated carbocycles. The monoisotopic (exact) mass is 512 g/mol. The number of benzene rings is 1. The third-order valence-corrected chi connectivity index (χ3v) is 7.57. The number of carbonyl (C=O) groups is 1. The zero-order valence-corrected chi connectivity index (χ0v) is 22.1. The van der Waals surface area contributed by atoms with Crippen LogP contribution in [0.4, 0.5) is 0 Å². The number of ether oxygens (including phenoxy) is 1. The van der Waals surface area contributed by atoms with Crippen molar-refractivity contribution in [2.24, 2.45) is 11.8 Å². The number of hydrogen-bond acceptors (Lipinski definition) is 6. The number of aliphatic hydroxyl groups is 3. The van der Waals surface area contributed by atoms with Crippen molar-refractivity contribution in [2.75, 3.05) is 0 Å². The summed E-state index contributed by atoms with van der Waals surface area (Å²) in [7, 11) is 0. The van der Waals surface area contributed by atoms with Crippen molar-refractivity contribution in [1.29, 1.82) is 0 Å². The molecule has 6 heteroatoms. The molecule has 1 aliphatic rings. The largest absolute Gasteiger partial charge is 0.463 e. The zero-order chi connectivity index (χ0) is 25.9. The minimum absolute atomic E-state index is 0.0876. The SMILES string of the molecule is CC(C)OC(=O)CCC/C=C\C[C@@H]1[C@@H](/C=C/[C@H](O)CCc2ccc(-c3cccs3)cc2)[C@H](O)C[C@@H]1O. The molecule has 3 N–H and O–H groups in total. The smallest absolute Gasteiger partial charge is 0.306 e. The maximum absolute atomic E-state index is 11.6. The van der Waals surface area contributed by atoms with Gasteiger partial charge in [-0.2, -0.15) is 0 Å². The Kier molecular flexibility index (Phi) is 11.4. The summed E-state index contributed by atoms with van der Waals surface area (Å²) < 4.78 is 5.13. The molecule has 0 spiro atoms. The topological polar surface area (TPSA) is 87.0 Å². The number of rotatable bonds is 13. The van der Waals surface area contributed by atoms with Gasteiger partial charge in [0.05, 0.1) is 24.4 Å². The van der Waals surface area contributed by atoms with E-state index in [2.05, 4.69) is 35.7 Å². The first-order valence-electron chi connectivity index (χ1n) is 13.0. The molecule has 1 fully saturated rings. The van der Waals surface area contributed by atoms with Crippen molar-refractivity contribution in [3.05, 3.63) is 71.6 Å². The molecule has 36 heavy (non-hydrogen) atoms. The van der Waals surface area contributed by atoms with Gasteiger partial charge < -0.3 is 20.1 Å². The molecule has 196 valence electrons. The van der Waals surface area contributed by atoms with E-state index in [0.29, 0.717) is 25.7 Å². The number of unbranched alkanes of at least 4 members (excludes halogenated alkanes) is 1. The lowest BCUT2D eigenvalue weighted by Gasteiger charge is -2.19. The van der Waals surface area contributed by atoms with Crippen molar-refractivity contribution in [1.82, 2.24) is 0 Å². The predicted molar refractivity (Wildman–Crippen MR) is 146 cm³/mol. The van der Waals surface area contributed by atoms with Gasteiger partial charge in [-0.25, -0.2) is 0 Å². The van der Waals surface area contributed by atoms with E-state index in [1.807, 2.05) is 38.1 Å². The molecule has 0 bridgehead atoms. The number of allylic oxidation sites excluding steroid dienone is 2. The Bertz CT molecular complexity index is 964. The lowest BCUT2D eigenvalue weighted by atomic mass is 9.89. The lowest BCUT2D eigenvalue weighted by Crippen LogP contribution is -2.20. The van der Waals surface area contributed by atoms with E-state index < -0.39 is 18.3 Å². The van der Waals surface area contributed by atoms with Gasteiger partial charge in [-0.15, -0.1) is 11.3 Å². The number of esters is 1. The van der Waals surface area contributed by atoms with Crippen molar-refractivity contribution in [2.45, 2.75) is 83.2 Å². The Morgan fingerprint density at radius 1 is 1.14 bits per heavy atom. The number of aliphatic hydroxyl groups excluding tert-OH is 3. The second-order valence-corrected chi connectivity index (χ2v) is 10.9. The second-order valence-electron chi connectivity index (χ2n) is 9.91. The Balaban J connectivity index is 1.43. The Morgan fingerprint density at radius 3 is 2.61 bits per heavy atom. The van der Waals surface area contributed by atoms with Crippen LogP contribution in [0.3, 0.4) is 0 Å². The number of hydrogen-bond donors (Lipinski definition) is 3. The van der Waals surface area contributed by atoms with Crippen LogP contribution in [-0.4, -0.2) is 45.7 Å². The summed E-state index contributed by atoms with van der Waals surface area (Å²) in [4.78, 5) is 12.8. The van der Waals surface area contributed by atoms with E-state index in [0.717, 1.165) is 19.3 Å². The average molecular weight is 513 g/mol. The van der Waals surface area contributed by atoms with Crippen molar-refractivity contribution < 1.29 is 24.9 Å². The highest BCUT2D eigenvalue weighted by atomic mass is 32.1. The highest BCUT2D eigenvalue weighted by Gasteiger charge is 2.39. The molecule has 1 aliphatic carbocycles. The van der Waals surface area contributed by atoms with E-state index in [-0.39, 0.29) is 23.9 Å². The molecular weight excluding hydrogens is 472 g/mol. The van der Waals surface area contributed by atoms with Crippen LogP contribution in [0, 0.1) is 11.8 Å². The third kappa shape index (κ3) is 9.00. The maximum Gasteiger partial charge on any atom is 0.306 e. The third-order valence-electron chi connectivity index (χ3n) is 6.65. The number of thiophene rings is 1. The molecule has 0 aliphatic heterocycles. The quantitative estimate of drug-likeness (QED) is 0.182. The molecule has 1 heterocycles. The van der Waals surface area contributed by atoms with Crippen LogP contribution >= 0.6 is 11.3 Å². The summed E-state index contributed by atoms with van der Waals surface area (Å²) >= 11 is 1.72. The average Bonchev–Trinajstić information content (AvgIpc) is 3.46. The molecule has 0 amide bonds. The van der Waals surface area contributed by atoms with Gasteiger partial charge in [-0.1, -0.05) is 54.6 Å². The van der Waals surface area contributed by atoms with Gasteiger partial charge >= 0.3 is 5.97 Å². The minimum Gasteiger partial charge on any atom is -0.463 e. The van der Waals surface area contributed by atoms with Crippen LogP contribution in [-0.2, 0) is 16.0 Å². The summed E-state index contributed by atoms with van der Waals surface area (Å²) in [6, 6.07) is 12.6. The summed E-state index contributed by atoms with van der Waals surface area (Å²) in [5.74, 6) is -0.451. The van der Waals surface area contributed by atoms with Gasteiger partial charge in [0.15, 0.2) is 0 Å². The van der Waals surface area contributed by atoms with Gasteiger partial charge in [0.1, 0.15) is 0 Å². The predicted octanol–water partition coefficient (Wildman–Crippen LogP) is 5.69. The molecule has 0 saturated heterocycles. The Labute approximate surface area is 219 Å². The van der Waals surface area contributed by atoms with Crippen molar-refractivity contribution >= 4 is 17.3 Å². The molecule has 1 aromatic carbocycles. The van der Waals surface area contributed by atoms with Gasteiger partial charge in [-0.3, -0.25) is 4.79 Å². The summed E-state index contributed by atoms with van der Waals surface area (Å²) in [6.07, 6.45) is 10.1. The van der Waals surface area contributed by atoms with E-state index in [4.69, 9.17) is 4.74 Å². The molecule has 0 unspecified atom stereocenters. The van der Waals surface area contributed by atoms with E-state index in [1.54, 1.807) is 17.4 Å². The summed E-state index contributed by atoms with van der Waals surface area (Å²) in [5, 5.41) is 33.5. The maximum atomic E-state index is 11.6. The van der Waals surface area contributed by atoms with Crippen LogP contribution in [0.5, 0.6) is 0 Å². The van der Waals surface area contributed by atoms with Crippen LogP contribution in [0.2, 0.25) is 0 Å². The van der Waals surface area contributed by atoms with E-state index >= 15 is 0 Å². The Hall–Kier alpha value is -2.25. The Morgan fingerprint density at radius 2 is 1.92 bits per heavy atom. The molecule has 2 aromatic rings. The van der Waals surface area contributed by atoms with Gasteiger partial charge in [-0.05, 0) is 74.4 Å². The van der Waals surface area contributed by atoms with E-state index in [1.165, 1.54) is 16.0 Å². The second kappa shape index (κ2) is 14.5. The number of aryl methyl sites for hydroxylation is 1. The van der Waals surface area contributed by atoms with Crippen LogP contribution < -0.4 is 0 Å². The van der Waals surface area contributed by atoms with Crippen molar-refractivity contribution in [3.8, 4) is 10.4 Å². The summed E-state index contributed by atoms with van der Waals surface area (Å²) in [6.45, 7) is 3.68. The number of carbonyl (C=O) groups excluding carboxylic acids is 1. The van der Waals surface area contributed by atoms with Crippen LogP contribution in [0.25, 0.3) is 10.4 Å². The van der Waals surface area contributed by atoms with Gasteiger partial charge in [0, 0.05) is 23.6 Å². The fraction of sp³-hybridized carbons (Fsp3) is 0.500. The first-order chi connectivity index (χ1) is 17.3. The zero-order valence-electron chi connectivity index (χ0n) is 21.3. The molecular formula is C30H40O5S. The first kappa shape index (κ1) is 28.3. The minimum atomic E-state index is -0.613. The highest BCUT2D eigenvalue weighted by Crippen LogP contribution is 2.36. The fourth-order valence-electron chi connectivity index (χ4n) is 4.71. The van der Waals surface area contributed by atoms with Gasteiger partial charge in [0.25, 0.3) is 0 Å².